The topological polar surface area (TPSA) is 72.1 Å². The number of ether oxygens (including phenoxy) is 2. The van der Waals surface area contributed by atoms with Gasteiger partial charge in [-0.2, -0.15) is 0 Å². The molecule has 24 heavy (non-hydrogen) atoms. The molecule has 1 aliphatic carbocycles. The Morgan fingerprint density at radius 2 is 1.96 bits per heavy atom. The van der Waals surface area contributed by atoms with Gasteiger partial charge in [-0.05, 0) is 50.6 Å². The molecular formula is C17H29IN4O2. The number of guanidine groups is 1. The van der Waals surface area contributed by atoms with Crippen LogP contribution in [0.2, 0.25) is 0 Å². The molecule has 1 aromatic rings. The molecule has 0 spiro atoms. The summed E-state index contributed by atoms with van der Waals surface area (Å²) in [6.07, 6.45) is 2.63. The molecule has 1 aromatic carbocycles. The van der Waals surface area contributed by atoms with Crippen molar-refractivity contribution in [1.29, 1.82) is 0 Å². The predicted octanol–water partition coefficient (Wildman–Crippen LogP) is 2.07. The van der Waals surface area contributed by atoms with Gasteiger partial charge in [-0.25, -0.2) is 4.99 Å². The van der Waals surface area contributed by atoms with Crippen LogP contribution in [0.1, 0.15) is 18.4 Å². The molecule has 1 unspecified atom stereocenters. The van der Waals surface area contributed by atoms with Gasteiger partial charge in [0.05, 0.1) is 20.8 Å². The summed E-state index contributed by atoms with van der Waals surface area (Å²) < 4.78 is 10.5. The maximum atomic E-state index is 5.98. The van der Waals surface area contributed by atoms with Gasteiger partial charge in [-0.1, -0.05) is 6.07 Å². The fourth-order valence-electron chi connectivity index (χ4n) is 2.67. The van der Waals surface area contributed by atoms with Crippen molar-refractivity contribution in [1.82, 2.24) is 10.2 Å². The van der Waals surface area contributed by atoms with Crippen molar-refractivity contribution in [2.24, 2.45) is 16.6 Å². The van der Waals surface area contributed by atoms with Gasteiger partial charge in [0.1, 0.15) is 0 Å². The van der Waals surface area contributed by atoms with E-state index in [0.29, 0.717) is 30.0 Å². The van der Waals surface area contributed by atoms with Gasteiger partial charge in [0.15, 0.2) is 17.5 Å². The van der Waals surface area contributed by atoms with Crippen LogP contribution in [0.25, 0.3) is 0 Å². The molecule has 1 atom stereocenters. The highest BCUT2D eigenvalue weighted by Crippen LogP contribution is 2.34. The van der Waals surface area contributed by atoms with Gasteiger partial charge < -0.3 is 25.4 Å². The third kappa shape index (κ3) is 6.01. The maximum Gasteiger partial charge on any atom is 0.188 e. The van der Waals surface area contributed by atoms with Crippen LogP contribution in [0.3, 0.4) is 0 Å². The standard InChI is InChI=1S/C17H28N4O2.HI/c1-21(2)14(13-6-7-13)11-20-17(18)19-10-12-5-8-15(22-3)16(9-12)23-4;/h5,8-9,13-14H,6-7,10-11H2,1-4H3,(H3,18,19,20);1H. The van der Waals surface area contributed by atoms with Crippen molar-refractivity contribution in [3.05, 3.63) is 23.8 Å². The lowest BCUT2D eigenvalue weighted by molar-refractivity contribution is 0.264. The van der Waals surface area contributed by atoms with Crippen LogP contribution in [0.4, 0.5) is 0 Å². The van der Waals surface area contributed by atoms with E-state index in [9.17, 15) is 0 Å². The number of halogens is 1. The molecule has 136 valence electrons. The molecule has 3 N–H and O–H groups in total. The van der Waals surface area contributed by atoms with E-state index < -0.39 is 0 Å². The molecule has 1 aliphatic rings. The van der Waals surface area contributed by atoms with Gasteiger partial charge in [0, 0.05) is 12.6 Å². The molecular weight excluding hydrogens is 419 g/mol. The molecule has 0 saturated heterocycles. The number of nitrogens with one attached hydrogen (secondary N) is 1. The molecule has 6 nitrogen and oxygen atoms in total. The molecule has 1 fully saturated rings. The minimum atomic E-state index is 0. The van der Waals surface area contributed by atoms with Crippen LogP contribution >= 0.6 is 24.0 Å². The van der Waals surface area contributed by atoms with E-state index in [0.717, 1.165) is 18.0 Å². The summed E-state index contributed by atoms with van der Waals surface area (Å²) in [5.74, 6) is 2.68. The van der Waals surface area contributed by atoms with Crippen molar-refractivity contribution in [3.8, 4) is 11.5 Å². The van der Waals surface area contributed by atoms with Crippen LogP contribution in [0.15, 0.2) is 23.2 Å². The first-order chi connectivity index (χ1) is 11.0. The van der Waals surface area contributed by atoms with E-state index in [2.05, 4.69) is 29.3 Å². The number of benzene rings is 1. The van der Waals surface area contributed by atoms with Gasteiger partial charge in [-0.3, -0.25) is 0 Å². The third-order valence-electron chi connectivity index (χ3n) is 4.20. The summed E-state index contributed by atoms with van der Waals surface area (Å²) in [4.78, 5) is 6.66. The predicted molar refractivity (Wildman–Crippen MR) is 108 cm³/mol. The van der Waals surface area contributed by atoms with Crippen molar-refractivity contribution in [2.75, 3.05) is 34.9 Å². The minimum absolute atomic E-state index is 0. The zero-order chi connectivity index (χ0) is 16.8. The van der Waals surface area contributed by atoms with Crippen LogP contribution in [0.5, 0.6) is 11.5 Å². The highest BCUT2D eigenvalue weighted by atomic mass is 127. The average Bonchev–Trinajstić information content (AvgIpc) is 3.37. The molecule has 0 heterocycles. The van der Waals surface area contributed by atoms with E-state index in [1.807, 2.05) is 18.2 Å². The van der Waals surface area contributed by atoms with Crippen LogP contribution in [0, 0.1) is 5.92 Å². The summed E-state index contributed by atoms with van der Waals surface area (Å²) >= 11 is 0. The Balaban J connectivity index is 0.00000288. The molecule has 2 rings (SSSR count). The van der Waals surface area contributed by atoms with E-state index in [1.165, 1.54) is 12.8 Å². The fraction of sp³-hybridized carbons (Fsp3) is 0.588. The molecule has 0 bridgehead atoms. The van der Waals surface area contributed by atoms with Crippen molar-refractivity contribution >= 4 is 29.9 Å². The summed E-state index contributed by atoms with van der Waals surface area (Å²) in [6.45, 7) is 1.34. The van der Waals surface area contributed by atoms with E-state index in [-0.39, 0.29) is 24.0 Å². The Bertz CT molecular complexity index is 545. The number of hydrogen-bond donors (Lipinski definition) is 2. The Morgan fingerprint density at radius 3 is 2.50 bits per heavy atom. The first-order valence-electron chi connectivity index (χ1n) is 7.96. The van der Waals surface area contributed by atoms with Crippen LogP contribution in [-0.4, -0.2) is 51.8 Å². The van der Waals surface area contributed by atoms with Gasteiger partial charge in [-0.15, -0.1) is 24.0 Å². The van der Waals surface area contributed by atoms with E-state index in [1.54, 1.807) is 14.2 Å². The Labute approximate surface area is 161 Å². The quantitative estimate of drug-likeness (QED) is 0.362. The molecule has 1 saturated carbocycles. The number of hydrogen-bond acceptors (Lipinski definition) is 4. The van der Waals surface area contributed by atoms with Crippen molar-refractivity contribution in [2.45, 2.75) is 25.4 Å². The molecule has 0 aromatic heterocycles. The zero-order valence-corrected chi connectivity index (χ0v) is 17.2. The summed E-state index contributed by atoms with van der Waals surface area (Å²) in [5, 5.41) is 3.24. The summed E-state index contributed by atoms with van der Waals surface area (Å²) in [6, 6.07) is 6.28. The van der Waals surface area contributed by atoms with Crippen molar-refractivity contribution < 1.29 is 9.47 Å². The van der Waals surface area contributed by atoms with Gasteiger partial charge >= 0.3 is 0 Å². The second-order valence-electron chi connectivity index (χ2n) is 6.14. The summed E-state index contributed by atoms with van der Waals surface area (Å²) in [5.41, 5.74) is 7.01. The maximum absolute atomic E-state index is 5.98. The Kier molecular flexibility index (Phi) is 8.61. The average molecular weight is 448 g/mol. The van der Waals surface area contributed by atoms with Gasteiger partial charge in [0.2, 0.25) is 0 Å². The second-order valence-corrected chi connectivity index (χ2v) is 6.14. The van der Waals surface area contributed by atoms with Crippen LogP contribution < -0.4 is 20.5 Å². The fourth-order valence-corrected chi connectivity index (χ4v) is 2.67. The normalized spacial score (nSPS) is 15.6. The minimum Gasteiger partial charge on any atom is -0.493 e. The smallest absolute Gasteiger partial charge is 0.188 e. The number of nitrogens with two attached hydrogens (primary N) is 1. The third-order valence-corrected chi connectivity index (χ3v) is 4.20. The number of aliphatic imine (C=N–C) groups is 1. The number of methoxy groups -OCH3 is 2. The highest BCUT2D eigenvalue weighted by molar-refractivity contribution is 14.0. The molecule has 7 heteroatoms. The van der Waals surface area contributed by atoms with Gasteiger partial charge in [0.25, 0.3) is 0 Å². The van der Waals surface area contributed by atoms with E-state index in [4.69, 9.17) is 15.2 Å². The molecule has 0 aliphatic heterocycles. The lowest BCUT2D eigenvalue weighted by Crippen LogP contribution is -2.44. The van der Waals surface area contributed by atoms with E-state index >= 15 is 0 Å². The number of nitrogens with zero attached hydrogens (tertiary/aromatic N) is 2. The lowest BCUT2D eigenvalue weighted by atomic mass is 10.1. The SMILES string of the molecule is COc1ccc(CN=C(N)NCC(C2CC2)N(C)C)cc1OC.I. The van der Waals surface area contributed by atoms with Crippen molar-refractivity contribution in [3.63, 3.8) is 0 Å². The summed E-state index contributed by atoms with van der Waals surface area (Å²) in [7, 11) is 7.47. The molecule has 0 amide bonds. The Morgan fingerprint density at radius 1 is 1.29 bits per heavy atom. The number of likely N-dealkylation sites (N-methyl/N-ethyl adjacent to an activating group) is 1. The Hall–Kier alpha value is -1.22. The van der Waals surface area contributed by atoms with Crippen LogP contribution in [-0.2, 0) is 6.54 Å². The first-order valence-corrected chi connectivity index (χ1v) is 7.96. The monoisotopic (exact) mass is 448 g/mol. The number of rotatable bonds is 8. The molecule has 0 radical (unpaired) electrons. The first kappa shape index (κ1) is 20.8. The zero-order valence-electron chi connectivity index (χ0n) is 14.9. The lowest BCUT2D eigenvalue weighted by Gasteiger charge is -2.24. The second kappa shape index (κ2) is 9.93. The highest BCUT2D eigenvalue weighted by Gasteiger charge is 2.32. The largest absolute Gasteiger partial charge is 0.493 e.